The van der Waals surface area contributed by atoms with Crippen LogP contribution in [0.15, 0.2) is 16.6 Å². The summed E-state index contributed by atoms with van der Waals surface area (Å²) in [6, 6.07) is 4.85. The molecule has 2 fully saturated rings. The smallest absolute Gasteiger partial charge is 0.137 e. The van der Waals surface area contributed by atoms with Crippen LogP contribution in [0.2, 0.25) is 0 Å². The highest BCUT2D eigenvalue weighted by molar-refractivity contribution is 9.10. The first-order chi connectivity index (χ1) is 11.2. The van der Waals surface area contributed by atoms with Gasteiger partial charge in [0.05, 0.1) is 14.2 Å². The van der Waals surface area contributed by atoms with Crippen LogP contribution < -0.4 is 14.8 Å². The zero-order chi connectivity index (χ0) is 16.2. The highest BCUT2D eigenvalue weighted by Gasteiger charge is 2.32. The van der Waals surface area contributed by atoms with Crippen molar-refractivity contribution in [1.29, 1.82) is 0 Å². The summed E-state index contributed by atoms with van der Waals surface area (Å²) in [6.45, 7) is 4.38. The first-order valence-electron chi connectivity index (χ1n) is 8.60. The van der Waals surface area contributed by atoms with Gasteiger partial charge >= 0.3 is 0 Å². The Hall–Kier alpha value is -0.780. The third kappa shape index (κ3) is 3.67. The SMILES string of the molecule is COc1cc([C@H](C2CCCC2)N2CCNCC2)cc(OC)c1Br. The van der Waals surface area contributed by atoms with Gasteiger partial charge in [-0.2, -0.15) is 0 Å². The molecule has 1 saturated carbocycles. The van der Waals surface area contributed by atoms with Crippen molar-refractivity contribution in [3.05, 3.63) is 22.2 Å². The number of ether oxygens (including phenoxy) is 2. The second-order valence-corrected chi connectivity index (χ2v) is 7.31. The lowest BCUT2D eigenvalue weighted by atomic mass is 9.89. The van der Waals surface area contributed by atoms with E-state index in [1.54, 1.807) is 14.2 Å². The summed E-state index contributed by atoms with van der Waals surface area (Å²) in [5.74, 6) is 2.46. The Morgan fingerprint density at radius 3 is 2.17 bits per heavy atom. The van der Waals surface area contributed by atoms with Crippen molar-refractivity contribution in [3.63, 3.8) is 0 Å². The quantitative estimate of drug-likeness (QED) is 0.843. The molecule has 5 heteroatoms. The zero-order valence-corrected chi connectivity index (χ0v) is 15.7. The van der Waals surface area contributed by atoms with Crippen LogP contribution >= 0.6 is 15.9 Å². The molecule has 0 radical (unpaired) electrons. The van der Waals surface area contributed by atoms with E-state index in [0.717, 1.165) is 48.1 Å². The van der Waals surface area contributed by atoms with Crippen molar-refractivity contribution in [1.82, 2.24) is 10.2 Å². The Morgan fingerprint density at radius 1 is 1.09 bits per heavy atom. The van der Waals surface area contributed by atoms with E-state index in [0.29, 0.717) is 6.04 Å². The van der Waals surface area contributed by atoms with Gasteiger partial charge in [0.15, 0.2) is 0 Å². The van der Waals surface area contributed by atoms with Crippen molar-refractivity contribution in [3.8, 4) is 11.5 Å². The summed E-state index contributed by atoms with van der Waals surface area (Å²) in [6.07, 6.45) is 5.38. The number of piperazine rings is 1. The molecule has 2 aliphatic rings. The fourth-order valence-corrected chi connectivity index (χ4v) is 4.63. The second kappa shape index (κ2) is 7.86. The second-order valence-electron chi connectivity index (χ2n) is 6.51. The number of nitrogens with one attached hydrogen (secondary N) is 1. The molecule has 23 heavy (non-hydrogen) atoms. The summed E-state index contributed by atoms with van der Waals surface area (Å²) in [7, 11) is 3.44. The van der Waals surface area contributed by atoms with E-state index in [1.807, 2.05) is 0 Å². The number of nitrogens with zero attached hydrogens (tertiary/aromatic N) is 1. The Labute approximate surface area is 147 Å². The van der Waals surface area contributed by atoms with E-state index in [1.165, 1.54) is 31.2 Å². The standard InChI is InChI=1S/C18H27BrN2O2/c1-22-15-11-14(12-16(23-2)17(15)19)18(13-5-3-4-6-13)21-9-7-20-8-10-21/h11-13,18,20H,3-10H2,1-2H3/t18-/m0/s1. The Kier molecular flexibility index (Phi) is 5.83. The van der Waals surface area contributed by atoms with Gasteiger partial charge in [-0.05, 0) is 52.4 Å². The van der Waals surface area contributed by atoms with Gasteiger partial charge in [0, 0.05) is 32.2 Å². The molecule has 1 aliphatic carbocycles. The summed E-state index contributed by atoms with van der Waals surface area (Å²) < 4.78 is 12.0. The average Bonchev–Trinajstić information content (AvgIpc) is 3.11. The molecule has 0 aromatic heterocycles. The molecule has 1 aromatic rings. The summed E-state index contributed by atoms with van der Waals surface area (Å²) in [5.41, 5.74) is 1.33. The highest BCUT2D eigenvalue weighted by atomic mass is 79.9. The molecule has 0 spiro atoms. The normalized spacial score (nSPS) is 21.3. The van der Waals surface area contributed by atoms with E-state index >= 15 is 0 Å². The van der Waals surface area contributed by atoms with Crippen molar-refractivity contribution in [2.24, 2.45) is 5.92 Å². The minimum Gasteiger partial charge on any atom is -0.495 e. The van der Waals surface area contributed by atoms with Crippen LogP contribution in [0, 0.1) is 5.92 Å². The summed E-state index contributed by atoms with van der Waals surface area (Å²) >= 11 is 3.59. The number of hydrogen-bond acceptors (Lipinski definition) is 4. The Morgan fingerprint density at radius 2 is 1.65 bits per heavy atom. The minimum atomic E-state index is 0.468. The van der Waals surface area contributed by atoms with Crippen molar-refractivity contribution >= 4 is 15.9 Å². The fourth-order valence-electron chi connectivity index (χ4n) is 4.07. The van der Waals surface area contributed by atoms with Crippen molar-refractivity contribution in [2.45, 2.75) is 31.7 Å². The average molecular weight is 383 g/mol. The van der Waals surface area contributed by atoms with E-state index in [4.69, 9.17) is 9.47 Å². The van der Waals surface area contributed by atoms with Gasteiger partial charge in [0.1, 0.15) is 16.0 Å². The molecule has 4 nitrogen and oxygen atoms in total. The van der Waals surface area contributed by atoms with Gasteiger partial charge in [-0.1, -0.05) is 12.8 Å². The van der Waals surface area contributed by atoms with Crippen LogP contribution in [0.3, 0.4) is 0 Å². The van der Waals surface area contributed by atoms with E-state index in [-0.39, 0.29) is 0 Å². The molecule has 0 unspecified atom stereocenters. The van der Waals surface area contributed by atoms with Crippen LogP contribution in [0.1, 0.15) is 37.3 Å². The molecule has 0 bridgehead atoms. The lowest BCUT2D eigenvalue weighted by Gasteiger charge is -2.39. The van der Waals surface area contributed by atoms with Crippen LogP contribution in [0.4, 0.5) is 0 Å². The van der Waals surface area contributed by atoms with Crippen LogP contribution in [0.25, 0.3) is 0 Å². The molecular weight excluding hydrogens is 356 g/mol. The molecule has 3 rings (SSSR count). The van der Waals surface area contributed by atoms with E-state index in [9.17, 15) is 0 Å². The molecule has 1 saturated heterocycles. The number of benzene rings is 1. The number of halogens is 1. The topological polar surface area (TPSA) is 33.7 Å². The first kappa shape index (κ1) is 17.1. The maximum Gasteiger partial charge on any atom is 0.137 e. The number of hydrogen-bond donors (Lipinski definition) is 1. The molecule has 1 N–H and O–H groups in total. The Balaban J connectivity index is 1.97. The third-order valence-electron chi connectivity index (χ3n) is 5.20. The number of methoxy groups -OCH3 is 2. The van der Waals surface area contributed by atoms with Gasteiger partial charge < -0.3 is 14.8 Å². The monoisotopic (exact) mass is 382 g/mol. The molecule has 1 atom stereocenters. The summed E-state index contributed by atoms with van der Waals surface area (Å²) in [4.78, 5) is 2.65. The largest absolute Gasteiger partial charge is 0.495 e. The molecule has 1 aliphatic heterocycles. The lowest BCUT2D eigenvalue weighted by Crippen LogP contribution is -2.46. The van der Waals surface area contributed by atoms with Gasteiger partial charge in [-0.25, -0.2) is 0 Å². The van der Waals surface area contributed by atoms with Crippen molar-refractivity contribution < 1.29 is 9.47 Å². The molecule has 1 heterocycles. The molecule has 1 aromatic carbocycles. The molecular formula is C18H27BrN2O2. The predicted molar refractivity (Wildman–Crippen MR) is 96.4 cm³/mol. The molecule has 128 valence electrons. The number of rotatable bonds is 5. The van der Waals surface area contributed by atoms with Gasteiger partial charge in [-0.15, -0.1) is 0 Å². The Bertz CT molecular complexity index is 501. The van der Waals surface area contributed by atoms with E-state index < -0.39 is 0 Å². The van der Waals surface area contributed by atoms with Crippen molar-refractivity contribution in [2.75, 3.05) is 40.4 Å². The van der Waals surface area contributed by atoms with E-state index in [2.05, 4.69) is 38.3 Å². The van der Waals surface area contributed by atoms with Crippen LogP contribution in [-0.2, 0) is 0 Å². The predicted octanol–water partition coefficient (Wildman–Crippen LogP) is 3.60. The fraction of sp³-hybridized carbons (Fsp3) is 0.667. The zero-order valence-electron chi connectivity index (χ0n) is 14.1. The first-order valence-corrected chi connectivity index (χ1v) is 9.40. The molecule has 0 amide bonds. The summed E-state index contributed by atoms with van der Waals surface area (Å²) in [5, 5.41) is 3.47. The van der Waals surface area contributed by atoms with Gasteiger partial charge in [0.25, 0.3) is 0 Å². The highest BCUT2D eigenvalue weighted by Crippen LogP contribution is 2.44. The van der Waals surface area contributed by atoms with Crippen LogP contribution in [-0.4, -0.2) is 45.3 Å². The van der Waals surface area contributed by atoms with Crippen LogP contribution in [0.5, 0.6) is 11.5 Å². The third-order valence-corrected chi connectivity index (χ3v) is 5.98. The maximum atomic E-state index is 5.57. The van der Waals surface area contributed by atoms with Gasteiger partial charge in [0.2, 0.25) is 0 Å². The minimum absolute atomic E-state index is 0.468. The lowest BCUT2D eigenvalue weighted by molar-refractivity contribution is 0.125. The van der Waals surface area contributed by atoms with Gasteiger partial charge in [-0.3, -0.25) is 4.90 Å². The maximum absolute atomic E-state index is 5.57.